The van der Waals surface area contributed by atoms with Gasteiger partial charge in [0, 0.05) is 41.1 Å². The maximum atomic E-state index is 14.0. The van der Waals surface area contributed by atoms with E-state index in [1.807, 2.05) is 30.3 Å². The van der Waals surface area contributed by atoms with Crippen molar-refractivity contribution < 1.29 is 18.0 Å². The van der Waals surface area contributed by atoms with Crippen molar-refractivity contribution in [3.8, 4) is 0 Å². The van der Waals surface area contributed by atoms with Gasteiger partial charge in [-0.15, -0.1) is 0 Å². The Morgan fingerprint density at radius 1 is 0.927 bits per heavy atom. The van der Waals surface area contributed by atoms with Gasteiger partial charge in [-0.1, -0.05) is 84.0 Å². The van der Waals surface area contributed by atoms with E-state index in [9.17, 15) is 18.0 Å². The predicted octanol–water partition coefficient (Wildman–Crippen LogP) is 5.97. The second kappa shape index (κ2) is 14.0. The van der Waals surface area contributed by atoms with Crippen molar-refractivity contribution in [1.82, 2.24) is 14.5 Å². The zero-order valence-electron chi connectivity index (χ0n) is 22.6. The summed E-state index contributed by atoms with van der Waals surface area (Å²) in [4.78, 5) is 29.2. The lowest BCUT2D eigenvalue weighted by Crippen LogP contribution is -2.54. The molecule has 0 heterocycles. The summed E-state index contributed by atoms with van der Waals surface area (Å²) in [7, 11) is -2.68. The molecule has 0 saturated heterocycles. The van der Waals surface area contributed by atoms with Crippen LogP contribution in [0.3, 0.4) is 0 Å². The number of nitrogens with zero attached hydrogens (tertiary/aromatic N) is 2. The van der Waals surface area contributed by atoms with Crippen molar-refractivity contribution in [2.75, 3.05) is 13.6 Å². The van der Waals surface area contributed by atoms with Crippen molar-refractivity contribution >= 4 is 56.6 Å². The number of carbonyl (C=O) groups is 2. The third-order valence-electron chi connectivity index (χ3n) is 7.21. The summed E-state index contributed by atoms with van der Waals surface area (Å²) in [5.41, 5.74) is 1.44. The molecule has 4 rings (SSSR count). The molecule has 1 N–H and O–H groups in total. The van der Waals surface area contributed by atoms with E-state index in [0.717, 1.165) is 35.6 Å². The van der Waals surface area contributed by atoms with Crippen LogP contribution in [0.15, 0.2) is 77.7 Å². The molecule has 2 amide bonds. The number of rotatable bonds is 11. The zero-order chi connectivity index (χ0) is 29.6. The molecular weight excluding hydrogens is 605 g/mol. The number of nitrogens with one attached hydrogen (secondary N) is 1. The van der Waals surface area contributed by atoms with Crippen LogP contribution in [0.1, 0.15) is 36.8 Å². The fourth-order valence-electron chi connectivity index (χ4n) is 4.91. The van der Waals surface area contributed by atoms with Gasteiger partial charge in [0.1, 0.15) is 6.04 Å². The van der Waals surface area contributed by atoms with Gasteiger partial charge in [-0.3, -0.25) is 9.59 Å². The number of benzene rings is 3. The van der Waals surface area contributed by atoms with Crippen LogP contribution in [0, 0.1) is 0 Å². The largest absolute Gasteiger partial charge is 0.352 e. The minimum atomic E-state index is -4.01. The van der Waals surface area contributed by atoms with Gasteiger partial charge in [0.2, 0.25) is 21.8 Å². The SMILES string of the molecule is CN(CC(=O)N(Cc1ccc(Cl)cc1Cl)C(Cc1ccccc1)C(=O)NC1CCCC1)S(=O)(=O)c1ccc(Cl)cc1. The molecule has 1 unspecified atom stereocenters. The van der Waals surface area contributed by atoms with Gasteiger partial charge in [0.15, 0.2) is 0 Å². The lowest BCUT2D eigenvalue weighted by molar-refractivity contribution is -0.141. The molecule has 1 aliphatic carbocycles. The summed E-state index contributed by atoms with van der Waals surface area (Å²) in [6, 6.07) is 19.2. The second-order valence-electron chi connectivity index (χ2n) is 10.2. The van der Waals surface area contributed by atoms with Gasteiger partial charge < -0.3 is 10.2 Å². The molecule has 0 radical (unpaired) electrons. The van der Waals surface area contributed by atoms with Gasteiger partial charge in [-0.05, 0) is 60.4 Å². The van der Waals surface area contributed by atoms with Crippen molar-refractivity contribution in [2.45, 2.75) is 55.6 Å². The lowest BCUT2D eigenvalue weighted by atomic mass is 10.0. The highest BCUT2D eigenvalue weighted by molar-refractivity contribution is 7.89. The van der Waals surface area contributed by atoms with Crippen LogP contribution < -0.4 is 5.32 Å². The summed E-state index contributed by atoms with van der Waals surface area (Å²) in [5, 5.41) is 4.30. The third-order valence-corrected chi connectivity index (χ3v) is 9.86. The molecule has 11 heteroatoms. The smallest absolute Gasteiger partial charge is 0.243 e. The highest BCUT2D eigenvalue weighted by atomic mass is 35.5. The van der Waals surface area contributed by atoms with E-state index in [2.05, 4.69) is 5.32 Å². The number of sulfonamides is 1. The van der Waals surface area contributed by atoms with Crippen molar-refractivity contribution in [3.63, 3.8) is 0 Å². The number of hydrogen-bond donors (Lipinski definition) is 1. The fraction of sp³-hybridized carbons (Fsp3) is 0.333. The first-order valence-electron chi connectivity index (χ1n) is 13.3. The molecule has 0 spiro atoms. The van der Waals surface area contributed by atoms with E-state index in [1.165, 1.54) is 36.2 Å². The average Bonchev–Trinajstić information content (AvgIpc) is 3.45. The quantitative estimate of drug-likeness (QED) is 0.281. The Labute approximate surface area is 256 Å². The first kappa shape index (κ1) is 31.3. The third kappa shape index (κ3) is 8.23. The highest BCUT2D eigenvalue weighted by Crippen LogP contribution is 2.26. The van der Waals surface area contributed by atoms with Gasteiger partial charge in [-0.25, -0.2) is 8.42 Å². The number of halogens is 3. The predicted molar refractivity (Wildman–Crippen MR) is 163 cm³/mol. The average molecular weight is 637 g/mol. The van der Waals surface area contributed by atoms with E-state index in [0.29, 0.717) is 20.6 Å². The first-order valence-corrected chi connectivity index (χ1v) is 15.9. The number of hydrogen-bond acceptors (Lipinski definition) is 4. The molecule has 0 aromatic heterocycles. The van der Waals surface area contributed by atoms with E-state index in [-0.39, 0.29) is 29.8 Å². The van der Waals surface area contributed by atoms with E-state index < -0.39 is 28.5 Å². The molecule has 1 aliphatic rings. The minimum Gasteiger partial charge on any atom is -0.352 e. The number of amides is 2. The zero-order valence-corrected chi connectivity index (χ0v) is 25.7. The Morgan fingerprint density at radius 3 is 2.20 bits per heavy atom. The summed E-state index contributed by atoms with van der Waals surface area (Å²) in [6.45, 7) is -0.503. The van der Waals surface area contributed by atoms with Gasteiger partial charge in [-0.2, -0.15) is 4.31 Å². The summed E-state index contributed by atoms with van der Waals surface area (Å²) >= 11 is 18.5. The molecule has 1 fully saturated rings. The van der Waals surface area contributed by atoms with Crippen LogP contribution in [-0.2, 0) is 32.6 Å². The molecule has 3 aromatic carbocycles. The van der Waals surface area contributed by atoms with Crippen molar-refractivity contribution in [1.29, 1.82) is 0 Å². The molecular formula is C30H32Cl3N3O4S. The molecule has 7 nitrogen and oxygen atoms in total. The van der Waals surface area contributed by atoms with E-state index >= 15 is 0 Å². The first-order chi connectivity index (χ1) is 19.5. The van der Waals surface area contributed by atoms with Crippen molar-refractivity contribution in [2.24, 2.45) is 0 Å². The van der Waals surface area contributed by atoms with E-state index in [1.54, 1.807) is 18.2 Å². The molecule has 41 heavy (non-hydrogen) atoms. The van der Waals surface area contributed by atoms with Crippen LogP contribution in [0.2, 0.25) is 15.1 Å². The van der Waals surface area contributed by atoms with E-state index in [4.69, 9.17) is 34.8 Å². The number of carbonyl (C=O) groups excluding carboxylic acids is 2. The fourth-order valence-corrected chi connectivity index (χ4v) is 6.62. The topological polar surface area (TPSA) is 86.8 Å². The normalized spacial score (nSPS) is 14.7. The summed E-state index contributed by atoms with van der Waals surface area (Å²) in [5.74, 6) is -0.832. The summed E-state index contributed by atoms with van der Waals surface area (Å²) in [6.07, 6.45) is 4.06. The lowest BCUT2D eigenvalue weighted by Gasteiger charge is -2.33. The van der Waals surface area contributed by atoms with Crippen LogP contribution >= 0.6 is 34.8 Å². The van der Waals surface area contributed by atoms with Crippen LogP contribution in [0.5, 0.6) is 0 Å². The van der Waals surface area contributed by atoms with Crippen LogP contribution in [0.4, 0.5) is 0 Å². The van der Waals surface area contributed by atoms with Crippen molar-refractivity contribution in [3.05, 3.63) is 99.0 Å². The monoisotopic (exact) mass is 635 g/mol. The molecule has 1 atom stereocenters. The van der Waals surface area contributed by atoms with Gasteiger partial charge >= 0.3 is 0 Å². The molecule has 0 aliphatic heterocycles. The maximum Gasteiger partial charge on any atom is 0.243 e. The minimum absolute atomic E-state index is 0.00399. The molecule has 0 bridgehead atoms. The Balaban J connectivity index is 1.68. The molecule has 1 saturated carbocycles. The van der Waals surface area contributed by atoms with Gasteiger partial charge in [0.05, 0.1) is 11.4 Å². The van der Waals surface area contributed by atoms with Gasteiger partial charge in [0.25, 0.3) is 0 Å². The summed E-state index contributed by atoms with van der Waals surface area (Å²) < 4.78 is 27.5. The Kier molecular flexibility index (Phi) is 10.7. The van der Waals surface area contributed by atoms with Crippen LogP contribution in [0.25, 0.3) is 0 Å². The Morgan fingerprint density at radius 2 is 1.56 bits per heavy atom. The Hall–Kier alpha value is -2.62. The molecule has 218 valence electrons. The van der Waals surface area contributed by atoms with Crippen LogP contribution in [-0.4, -0.2) is 55.1 Å². The molecule has 3 aromatic rings. The Bertz CT molecular complexity index is 1460. The second-order valence-corrected chi connectivity index (χ2v) is 13.5. The maximum absolute atomic E-state index is 14.0. The highest BCUT2D eigenvalue weighted by Gasteiger charge is 2.34. The standard InChI is InChI=1S/C30H32Cl3N3O4S/c1-35(41(39,40)26-15-13-23(31)14-16-26)20-29(37)36(19-22-11-12-24(32)18-27(22)33)28(17-21-7-3-2-4-8-21)30(38)34-25-9-5-6-10-25/h2-4,7-8,11-16,18,25,28H,5-6,9-10,17,19-20H2,1H3,(H,34,38). The number of likely N-dealkylation sites (N-methyl/N-ethyl adjacent to an activating group) is 1.